The smallest absolute Gasteiger partial charge is 0.178 e. The molecule has 1 N–H and O–H groups in total. The van der Waals surface area contributed by atoms with Crippen LogP contribution in [0.1, 0.15) is 12.2 Å². The molecule has 0 saturated heterocycles. The fraction of sp³-hybridized carbons (Fsp3) is 0.235. The second-order valence-corrected chi connectivity index (χ2v) is 7.42. The summed E-state index contributed by atoms with van der Waals surface area (Å²) in [6.45, 7) is 0.336. The number of benzene rings is 2. The summed E-state index contributed by atoms with van der Waals surface area (Å²) in [5, 5.41) is 9.46. The van der Waals surface area contributed by atoms with Gasteiger partial charge in [-0.1, -0.05) is 30.3 Å². The third-order valence-electron chi connectivity index (χ3n) is 3.77. The van der Waals surface area contributed by atoms with Gasteiger partial charge in [0.05, 0.1) is 21.7 Å². The summed E-state index contributed by atoms with van der Waals surface area (Å²) in [4.78, 5) is 4.71. The SMILES string of the molecule is O=S(=O)(CCCn1c(CO)nc2ccccc21)c1ccccc1. The maximum absolute atomic E-state index is 12.3. The first-order valence-corrected chi connectivity index (χ1v) is 9.10. The Labute approximate surface area is 135 Å². The van der Waals surface area contributed by atoms with E-state index >= 15 is 0 Å². The Hall–Kier alpha value is -2.18. The molecule has 0 bridgehead atoms. The number of para-hydroxylation sites is 2. The number of hydrogen-bond acceptors (Lipinski definition) is 4. The van der Waals surface area contributed by atoms with Gasteiger partial charge in [0.2, 0.25) is 0 Å². The van der Waals surface area contributed by atoms with Crippen molar-refractivity contribution in [3.63, 3.8) is 0 Å². The lowest BCUT2D eigenvalue weighted by Gasteiger charge is -2.08. The third kappa shape index (κ3) is 3.28. The maximum Gasteiger partial charge on any atom is 0.178 e. The van der Waals surface area contributed by atoms with Crippen LogP contribution in [0, 0.1) is 0 Å². The van der Waals surface area contributed by atoms with Crippen LogP contribution in [0.3, 0.4) is 0 Å². The molecule has 0 saturated carbocycles. The van der Waals surface area contributed by atoms with E-state index in [9.17, 15) is 13.5 Å². The van der Waals surface area contributed by atoms with Crippen LogP contribution in [0.2, 0.25) is 0 Å². The van der Waals surface area contributed by atoms with Gasteiger partial charge in [-0.15, -0.1) is 0 Å². The largest absolute Gasteiger partial charge is 0.388 e. The molecular formula is C17H18N2O3S. The van der Waals surface area contributed by atoms with E-state index in [1.807, 2.05) is 28.8 Å². The molecule has 2 aromatic carbocycles. The van der Waals surface area contributed by atoms with Crippen LogP contribution in [-0.2, 0) is 23.0 Å². The number of imidazole rings is 1. The van der Waals surface area contributed by atoms with E-state index in [1.165, 1.54) is 0 Å². The van der Waals surface area contributed by atoms with Crippen molar-refractivity contribution in [3.05, 3.63) is 60.4 Å². The van der Waals surface area contributed by atoms with Crippen LogP contribution in [0.25, 0.3) is 11.0 Å². The van der Waals surface area contributed by atoms with Crippen molar-refractivity contribution in [2.24, 2.45) is 0 Å². The molecule has 0 unspecified atom stereocenters. The lowest BCUT2D eigenvalue weighted by molar-refractivity contribution is 0.266. The van der Waals surface area contributed by atoms with E-state index in [0.717, 1.165) is 11.0 Å². The predicted octanol–water partition coefficient (Wildman–Crippen LogP) is 2.39. The minimum absolute atomic E-state index is 0.0639. The topological polar surface area (TPSA) is 72.2 Å². The third-order valence-corrected chi connectivity index (χ3v) is 5.59. The summed E-state index contributed by atoms with van der Waals surface area (Å²) in [7, 11) is -3.28. The average molecular weight is 330 g/mol. The highest BCUT2D eigenvalue weighted by Crippen LogP contribution is 2.18. The number of sulfone groups is 1. The molecule has 23 heavy (non-hydrogen) atoms. The van der Waals surface area contributed by atoms with Crippen molar-refractivity contribution >= 4 is 20.9 Å². The Balaban J connectivity index is 1.77. The predicted molar refractivity (Wildman–Crippen MR) is 88.8 cm³/mol. The summed E-state index contributed by atoms with van der Waals surface area (Å²) >= 11 is 0. The molecule has 120 valence electrons. The fourth-order valence-electron chi connectivity index (χ4n) is 2.65. The molecule has 6 heteroatoms. The standard InChI is InChI=1S/C17H18N2O3S/c20-13-17-18-15-9-4-5-10-16(15)19(17)11-6-12-23(21,22)14-7-2-1-3-8-14/h1-5,7-10,20H,6,11-13H2. The second-order valence-electron chi connectivity index (χ2n) is 5.31. The van der Waals surface area contributed by atoms with E-state index < -0.39 is 9.84 Å². The molecule has 0 aliphatic rings. The highest BCUT2D eigenvalue weighted by molar-refractivity contribution is 7.91. The number of fused-ring (bicyclic) bond motifs is 1. The van der Waals surface area contributed by atoms with Gasteiger partial charge >= 0.3 is 0 Å². The fourth-order valence-corrected chi connectivity index (χ4v) is 3.97. The maximum atomic E-state index is 12.3. The van der Waals surface area contributed by atoms with E-state index in [2.05, 4.69) is 4.98 Å². The molecule has 0 aliphatic carbocycles. The van der Waals surface area contributed by atoms with Crippen LogP contribution >= 0.6 is 0 Å². The van der Waals surface area contributed by atoms with E-state index in [0.29, 0.717) is 23.7 Å². The average Bonchev–Trinajstić information content (AvgIpc) is 2.94. The molecule has 5 nitrogen and oxygen atoms in total. The van der Waals surface area contributed by atoms with Crippen molar-refractivity contribution in [3.8, 4) is 0 Å². The first kappa shape index (κ1) is 15.7. The Morgan fingerprint density at radius 2 is 1.70 bits per heavy atom. The number of aliphatic hydroxyl groups excluding tert-OH is 1. The van der Waals surface area contributed by atoms with Crippen molar-refractivity contribution < 1.29 is 13.5 Å². The van der Waals surface area contributed by atoms with Gasteiger partial charge in [0.25, 0.3) is 0 Å². The van der Waals surface area contributed by atoms with Gasteiger partial charge in [-0.2, -0.15) is 0 Å². The molecule has 1 heterocycles. The van der Waals surface area contributed by atoms with E-state index in [1.54, 1.807) is 30.3 Å². The molecule has 0 amide bonds. The molecule has 3 rings (SSSR count). The summed E-state index contributed by atoms with van der Waals surface area (Å²) < 4.78 is 26.5. The number of nitrogens with zero attached hydrogens (tertiary/aromatic N) is 2. The number of aryl methyl sites for hydroxylation is 1. The zero-order valence-corrected chi connectivity index (χ0v) is 13.4. The minimum atomic E-state index is -3.28. The molecule has 0 fully saturated rings. The van der Waals surface area contributed by atoms with Gasteiger partial charge in [-0.3, -0.25) is 0 Å². The Bertz CT molecular complexity index is 902. The zero-order chi connectivity index (χ0) is 16.3. The lowest BCUT2D eigenvalue weighted by atomic mass is 10.3. The van der Waals surface area contributed by atoms with Crippen molar-refractivity contribution in [2.45, 2.75) is 24.5 Å². The van der Waals surface area contributed by atoms with Gasteiger partial charge < -0.3 is 9.67 Å². The molecule has 0 aliphatic heterocycles. The van der Waals surface area contributed by atoms with Crippen LogP contribution in [0.5, 0.6) is 0 Å². The normalized spacial score (nSPS) is 11.9. The lowest BCUT2D eigenvalue weighted by Crippen LogP contribution is -2.11. The number of hydrogen-bond donors (Lipinski definition) is 1. The summed E-state index contributed by atoms with van der Waals surface area (Å²) in [6.07, 6.45) is 0.463. The van der Waals surface area contributed by atoms with Crippen molar-refractivity contribution in [1.82, 2.24) is 9.55 Å². The first-order valence-electron chi connectivity index (χ1n) is 7.44. The first-order chi connectivity index (χ1) is 11.1. The van der Waals surface area contributed by atoms with Crippen molar-refractivity contribution in [1.29, 1.82) is 0 Å². The molecule has 3 aromatic rings. The summed E-state index contributed by atoms with van der Waals surface area (Å²) in [5.74, 6) is 0.622. The van der Waals surface area contributed by atoms with Crippen LogP contribution < -0.4 is 0 Å². The van der Waals surface area contributed by atoms with Crippen LogP contribution in [0.15, 0.2) is 59.5 Å². The van der Waals surface area contributed by atoms with Crippen molar-refractivity contribution in [2.75, 3.05) is 5.75 Å². The van der Waals surface area contributed by atoms with Gasteiger partial charge in [0.1, 0.15) is 12.4 Å². The van der Waals surface area contributed by atoms with Gasteiger partial charge in [0, 0.05) is 6.54 Å². The van der Waals surface area contributed by atoms with Gasteiger partial charge in [-0.05, 0) is 30.7 Å². The Morgan fingerprint density at radius 1 is 1.00 bits per heavy atom. The van der Waals surface area contributed by atoms with Gasteiger partial charge in [-0.25, -0.2) is 13.4 Å². The molecule has 0 radical (unpaired) electrons. The number of aromatic nitrogens is 2. The molecule has 0 spiro atoms. The highest BCUT2D eigenvalue weighted by atomic mass is 32.2. The second kappa shape index (κ2) is 6.52. The van der Waals surface area contributed by atoms with E-state index in [-0.39, 0.29) is 12.4 Å². The number of rotatable bonds is 6. The number of aliphatic hydroxyl groups is 1. The summed E-state index contributed by atoms with van der Waals surface area (Å²) in [5.41, 5.74) is 1.72. The molecule has 0 atom stereocenters. The quantitative estimate of drug-likeness (QED) is 0.753. The van der Waals surface area contributed by atoms with Crippen LogP contribution in [-0.4, -0.2) is 28.8 Å². The Morgan fingerprint density at radius 3 is 2.43 bits per heavy atom. The summed E-state index contributed by atoms with van der Waals surface area (Å²) in [6, 6.07) is 16.1. The Kier molecular flexibility index (Phi) is 4.45. The van der Waals surface area contributed by atoms with E-state index in [4.69, 9.17) is 0 Å². The molecular weight excluding hydrogens is 312 g/mol. The monoisotopic (exact) mass is 330 g/mol. The molecule has 1 aromatic heterocycles. The van der Waals surface area contributed by atoms with Crippen LogP contribution in [0.4, 0.5) is 0 Å². The highest BCUT2D eigenvalue weighted by Gasteiger charge is 2.15. The zero-order valence-electron chi connectivity index (χ0n) is 12.6. The van der Waals surface area contributed by atoms with Gasteiger partial charge in [0.15, 0.2) is 9.84 Å². The minimum Gasteiger partial charge on any atom is -0.388 e.